The summed E-state index contributed by atoms with van der Waals surface area (Å²) in [5.74, 6) is 1.43. The van der Waals surface area contributed by atoms with Crippen LogP contribution in [0.25, 0.3) is 0 Å². The predicted octanol–water partition coefficient (Wildman–Crippen LogP) is 0.873. The van der Waals surface area contributed by atoms with Gasteiger partial charge in [-0.05, 0) is 25.9 Å². The first-order valence-electron chi connectivity index (χ1n) is 5.93. The smallest absolute Gasteiger partial charge is 0.123 e. The first-order valence-corrected chi connectivity index (χ1v) is 5.93. The normalized spacial score (nSPS) is 18.8. The number of imidazole rings is 1. The van der Waals surface area contributed by atoms with Crippen molar-refractivity contribution >= 4 is 6.29 Å². The second-order valence-corrected chi connectivity index (χ2v) is 4.52. The van der Waals surface area contributed by atoms with Gasteiger partial charge in [0.25, 0.3) is 0 Å². The largest absolute Gasteiger partial charge is 0.338 e. The Labute approximate surface area is 96.3 Å². The fourth-order valence-corrected chi connectivity index (χ4v) is 2.21. The van der Waals surface area contributed by atoms with Crippen molar-refractivity contribution in [3.63, 3.8) is 0 Å². The molecular formula is C12H19N3O. The molecule has 0 aromatic carbocycles. The van der Waals surface area contributed by atoms with Gasteiger partial charge in [-0.15, -0.1) is 0 Å². The Morgan fingerprint density at radius 2 is 2.25 bits per heavy atom. The number of aryl methyl sites for hydroxylation is 1. The minimum absolute atomic E-state index is 0.296. The second-order valence-electron chi connectivity index (χ2n) is 4.52. The molecule has 1 saturated heterocycles. The Morgan fingerprint density at radius 1 is 1.50 bits per heavy atom. The summed E-state index contributed by atoms with van der Waals surface area (Å²) in [7, 11) is 2.03. The number of hydrogen-bond acceptors (Lipinski definition) is 3. The third kappa shape index (κ3) is 2.70. The van der Waals surface area contributed by atoms with Crippen LogP contribution in [0.4, 0.5) is 0 Å². The van der Waals surface area contributed by atoms with Crippen molar-refractivity contribution in [1.82, 2.24) is 14.5 Å². The van der Waals surface area contributed by atoms with Gasteiger partial charge >= 0.3 is 0 Å². The minimum atomic E-state index is 0.296. The van der Waals surface area contributed by atoms with E-state index in [9.17, 15) is 4.79 Å². The topological polar surface area (TPSA) is 38.1 Å². The maximum atomic E-state index is 10.6. The monoisotopic (exact) mass is 221 g/mol. The Morgan fingerprint density at radius 3 is 2.81 bits per heavy atom. The highest BCUT2D eigenvalue weighted by molar-refractivity contribution is 5.53. The fourth-order valence-electron chi connectivity index (χ4n) is 2.21. The molecule has 2 rings (SSSR count). The summed E-state index contributed by atoms with van der Waals surface area (Å²) in [6.45, 7) is 3.15. The summed E-state index contributed by atoms with van der Waals surface area (Å²) in [6, 6.07) is 0. The molecule has 0 atom stereocenters. The number of aldehydes is 1. The van der Waals surface area contributed by atoms with Crippen LogP contribution in [0.5, 0.6) is 0 Å². The second kappa shape index (κ2) is 5.25. The third-order valence-corrected chi connectivity index (χ3v) is 3.40. The average Bonchev–Trinajstić information content (AvgIpc) is 2.73. The number of carbonyl (C=O) groups is 1. The van der Waals surface area contributed by atoms with Crippen LogP contribution in [0.2, 0.25) is 0 Å². The lowest BCUT2D eigenvalue weighted by Crippen LogP contribution is -2.35. The van der Waals surface area contributed by atoms with Crippen LogP contribution < -0.4 is 0 Å². The molecule has 1 aliphatic rings. The standard InChI is InChI=1S/C12H19N3O/c1-14-9-5-13-12(14)4-8-15-6-2-11(10-16)3-7-15/h5,9-11H,2-4,6-8H2,1H3. The molecule has 2 heterocycles. The highest BCUT2D eigenvalue weighted by atomic mass is 16.1. The molecule has 4 heteroatoms. The first kappa shape index (κ1) is 11.3. The molecule has 1 fully saturated rings. The van der Waals surface area contributed by atoms with Crippen LogP contribution in [-0.4, -0.2) is 40.4 Å². The van der Waals surface area contributed by atoms with Gasteiger partial charge in [0, 0.05) is 38.3 Å². The van der Waals surface area contributed by atoms with E-state index in [0.29, 0.717) is 5.92 Å². The molecule has 1 aliphatic heterocycles. The number of aromatic nitrogens is 2. The van der Waals surface area contributed by atoms with Gasteiger partial charge in [-0.3, -0.25) is 0 Å². The van der Waals surface area contributed by atoms with E-state index in [0.717, 1.165) is 51.0 Å². The molecule has 0 aliphatic carbocycles. The predicted molar refractivity (Wildman–Crippen MR) is 62.1 cm³/mol. The van der Waals surface area contributed by atoms with Crippen molar-refractivity contribution in [3.05, 3.63) is 18.2 Å². The molecule has 0 unspecified atom stereocenters. The summed E-state index contributed by atoms with van der Waals surface area (Å²) >= 11 is 0. The molecule has 0 bridgehead atoms. The highest BCUT2D eigenvalue weighted by Gasteiger charge is 2.18. The quantitative estimate of drug-likeness (QED) is 0.708. The number of hydrogen-bond donors (Lipinski definition) is 0. The van der Waals surface area contributed by atoms with Gasteiger partial charge in [-0.25, -0.2) is 4.98 Å². The van der Waals surface area contributed by atoms with Gasteiger partial charge < -0.3 is 14.3 Å². The summed E-state index contributed by atoms with van der Waals surface area (Å²) in [5, 5.41) is 0. The molecule has 4 nitrogen and oxygen atoms in total. The molecule has 0 N–H and O–H groups in total. The van der Waals surface area contributed by atoms with Crippen LogP contribution >= 0.6 is 0 Å². The lowest BCUT2D eigenvalue weighted by atomic mass is 9.98. The van der Waals surface area contributed by atoms with Gasteiger partial charge in [-0.2, -0.15) is 0 Å². The van der Waals surface area contributed by atoms with Crippen molar-refractivity contribution in [3.8, 4) is 0 Å². The van der Waals surface area contributed by atoms with Crippen molar-refractivity contribution in [2.24, 2.45) is 13.0 Å². The van der Waals surface area contributed by atoms with Crippen LogP contribution in [0.15, 0.2) is 12.4 Å². The van der Waals surface area contributed by atoms with Gasteiger partial charge in [0.1, 0.15) is 12.1 Å². The van der Waals surface area contributed by atoms with Gasteiger partial charge in [0.2, 0.25) is 0 Å². The van der Waals surface area contributed by atoms with E-state index in [-0.39, 0.29) is 0 Å². The Bertz CT molecular complexity index is 340. The zero-order chi connectivity index (χ0) is 11.4. The van der Waals surface area contributed by atoms with Crippen molar-refractivity contribution in [1.29, 1.82) is 0 Å². The number of likely N-dealkylation sites (tertiary alicyclic amines) is 1. The van der Waals surface area contributed by atoms with Crippen molar-refractivity contribution in [2.45, 2.75) is 19.3 Å². The van der Waals surface area contributed by atoms with Crippen LogP contribution in [0, 0.1) is 5.92 Å². The van der Waals surface area contributed by atoms with Crippen LogP contribution in [0.3, 0.4) is 0 Å². The van der Waals surface area contributed by atoms with Crippen molar-refractivity contribution in [2.75, 3.05) is 19.6 Å². The Kier molecular flexibility index (Phi) is 3.72. The number of rotatable bonds is 4. The summed E-state index contributed by atoms with van der Waals surface area (Å²) in [5.41, 5.74) is 0. The lowest BCUT2D eigenvalue weighted by molar-refractivity contribution is -0.112. The molecule has 1 aromatic heterocycles. The molecule has 0 saturated carbocycles. The van der Waals surface area contributed by atoms with E-state index >= 15 is 0 Å². The molecule has 1 aromatic rings. The highest BCUT2D eigenvalue weighted by Crippen LogP contribution is 2.14. The summed E-state index contributed by atoms with van der Waals surface area (Å²) in [6.07, 6.45) is 7.96. The molecular weight excluding hydrogens is 202 g/mol. The van der Waals surface area contributed by atoms with E-state index in [2.05, 4.69) is 14.5 Å². The lowest BCUT2D eigenvalue weighted by Gasteiger charge is -2.29. The molecule has 0 radical (unpaired) electrons. The maximum absolute atomic E-state index is 10.6. The first-order chi connectivity index (χ1) is 7.79. The van der Waals surface area contributed by atoms with E-state index < -0.39 is 0 Å². The average molecular weight is 221 g/mol. The zero-order valence-corrected chi connectivity index (χ0v) is 9.80. The van der Waals surface area contributed by atoms with E-state index in [1.54, 1.807) is 0 Å². The fraction of sp³-hybridized carbons (Fsp3) is 0.667. The SMILES string of the molecule is Cn1ccnc1CCN1CCC(C=O)CC1. The maximum Gasteiger partial charge on any atom is 0.123 e. The van der Waals surface area contributed by atoms with Crippen molar-refractivity contribution < 1.29 is 4.79 Å². The van der Waals surface area contributed by atoms with Gasteiger partial charge in [0.05, 0.1) is 0 Å². The summed E-state index contributed by atoms with van der Waals surface area (Å²) < 4.78 is 2.07. The van der Waals surface area contributed by atoms with Gasteiger partial charge in [-0.1, -0.05) is 0 Å². The van der Waals surface area contributed by atoms with E-state index in [1.165, 1.54) is 0 Å². The van der Waals surface area contributed by atoms with Gasteiger partial charge in [0.15, 0.2) is 0 Å². The third-order valence-electron chi connectivity index (χ3n) is 3.40. The van der Waals surface area contributed by atoms with Crippen LogP contribution in [0.1, 0.15) is 18.7 Å². The zero-order valence-electron chi connectivity index (χ0n) is 9.80. The van der Waals surface area contributed by atoms with E-state index in [1.807, 2.05) is 19.4 Å². The molecule has 88 valence electrons. The van der Waals surface area contributed by atoms with E-state index in [4.69, 9.17) is 0 Å². The molecule has 0 spiro atoms. The number of piperidine rings is 1. The minimum Gasteiger partial charge on any atom is -0.338 e. The molecule has 16 heavy (non-hydrogen) atoms. The van der Waals surface area contributed by atoms with Crippen LogP contribution in [-0.2, 0) is 18.3 Å². The number of nitrogens with zero attached hydrogens (tertiary/aromatic N) is 3. The Hall–Kier alpha value is -1.16. The number of carbonyl (C=O) groups excluding carboxylic acids is 1. The Balaban J connectivity index is 1.75. The summed E-state index contributed by atoms with van der Waals surface area (Å²) in [4.78, 5) is 17.4. The molecule has 0 amide bonds.